The Hall–Kier alpha value is -1.37. The van der Waals surface area contributed by atoms with E-state index in [1.165, 1.54) is 13.0 Å². The van der Waals surface area contributed by atoms with Crippen molar-refractivity contribution in [1.82, 2.24) is 4.90 Å². The van der Waals surface area contributed by atoms with E-state index in [1.54, 1.807) is 23.1 Å². The van der Waals surface area contributed by atoms with Crippen LogP contribution in [0.3, 0.4) is 0 Å². The first-order valence-corrected chi connectivity index (χ1v) is 7.53. The number of hydrogen-bond acceptors (Lipinski definition) is 3. The minimum absolute atomic E-state index is 0.0430. The van der Waals surface area contributed by atoms with Gasteiger partial charge in [0.1, 0.15) is 0 Å². The summed E-state index contributed by atoms with van der Waals surface area (Å²) in [5, 5.41) is 3.17. The summed E-state index contributed by atoms with van der Waals surface area (Å²) in [7, 11) is 0. The van der Waals surface area contributed by atoms with Crippen molar-refractivity contribution in [3.05, 3.63) is 24.3 Å². The van der Waals surface area contributed by atoms with Crippen LogP contribution in [0.25, 0.3) is 0 Å². The number of carbonyl (C=O) groups is 1. The molecular weight excluding hydrogens is 301 g/mol. The molecule has 0 unspecified atom stereocenters. The van der Waals surface area contributed by atoms with Gasteiger partial charge in [-0.1, -0.05) is 12.1 Å². The molecule has 0 saturated carbocycles. The van der Waals surface area contributed by atoms with Crippen molar-refractivity contribution >= 4 is 23.4 Å². The molecule has 21 heavy (non-hydrogen) atoms. The first-order chi connectivity index (χ1) is 9.85. The van der Waals surface area contributed by atoms with Crippen LogP contribution in [0.5, 0.6) is 0 Å². The van der Waals surface area contributed by atoms with E-state index in [-0.39, 0.29) is 28.6 Å². The molecule has 7 heteroatoms. The first-order valence-electron chi connectivity index (χ1n) is 6.72. The van der Waals surface area contributed by atoms with E-state index in [1.807, 2.05) is 0 Å². The predicted molar refractivity (Wildman–Crippen MR) is 77.3 cm³/mol. The van der Waals surface area contributed by atoms with Crippen LogP contribution >= 0.6 is 11.8 Å². The highest BCUT2D eigenvalue weighted by molar-refractivity contribution is 8.00. The number of alkyl halides is 3. The molecule has 1 heterocycles. The second-order valence-electron chi connectivity index (χ2n) is 4.97. The second-order valence-corrected chi connectivity index (χ2v) is 6.08. The molecule has 1 aliphatic rings. The monoisotopic (exact) mass is 318 g/mol. The molecule has 1 aromatic rings. The smallest absolute Gasteiger partial charge is 0.381 e. The minimum Gasteiger partial charge on any atom is -0.381 e. The molecular formula is C14H17F3N2OS. The third kappa shape index (κ3) is 4.84. The van der Waals surface area contributed by atoms with Crippen LogP contribution in [0, 0.1) is 0 Å². The SMILES string of the molecule is CC(=O)N1CCC(Nc2ccccc2SC(F)(F)F)CC1. The fourth-order valence-electron chi connectivity index (χ4n) is 2.36. The van der Waals surface area contributed by atoms with Crippen molar-refractivity contribution in [3.8, 4) is 0 Å². The molecule has 0 spiro atoms. The summed E-state index contributed by atoms with van der Waals surface area (Å²) in [6.45, 7) is 2.81. The van der Waals surface area contributed by atoms with E-state index >= 15 is 0 Å². The molecule has 0 aliphatic carbocycles. The molecule has 1 aromatic carbocycles. The van der Waals surface area contributed by atoms with Gasteiger partial charge in [-0.2, -0.15) is 13.2 Å². The van der Waals surface area contributed by atoms with Crippen LogP contribution in [-0.4, -0.2) is 35.4 Å². The number of piperidine rings is 1. The highest BCUT2D eigenvalue weighted by Gasteiger charge is 2.30. The fourth-order valence-corrected chi connectivity index (χ4v) is 2.99. The highest BCUT2D eigenvalue weighted by atomic mass is 32.2. The van der Waals surface area contributed by atoms with Gasteiger partial charge in [0.15, 0.2) is 0 Å². The van der Waals surface area contributed by atoms with Gasteiger partial charge in [-0.25, -0.2) is 0 Å². The average Bonchev–Trinajstić information content (AvgIpc) is 2.40. The Bertz CT molecular complexity index is 499. The number of halogens is 3. The number of likely N-dealkylation sites (tertiary alicyclic amines) is 1. The van der Waals surface area contributed by atoms with E-state index < -0.39 is 5.51 Å². The zero-order chi connectivity index (χ0) is 15.5. The van der Waals surface area contributed by atoms with E-state index in [4.69, 9.17) is 0 Å². The number of nitrogens with zero attached hydrogens (tertiary/aromatic N) is 1. The molecule has 1 amide bonds. The Morgan fingerprint density at radius 1 is 1.29 bits per heavy atom. The summed E-state index contributed by atoms with van der Waals surface area (Å²) in [6.07, 6.45) is 1.48. The van der Waals surface area contributed by atoms with E-state index in [0.717, 1.165) is 12.8 Å². The van der Waals surface area contributed by atoms with Crippen LogP contribution < -0.4 is 5.32 Å². The standard InChI is InChI=1S/C14H17F3N2OS/c1-10(20)19-8-6-11(7-9-19)18-12-4-2-3-5-13(12)21-14(15,16)17/h2-5,11,18H,6-9H2,1H3. The van der Waals surface area contributed by atoms with Crippen molar-refractivity contribution in [2.75, 3.05) is 18.4 Å². The Labute approximate surface area is 125 Å². The van der Waals surface area contributed by atoms with Gasteiger partial charge >= 0.3 is 5.51 Å². The van der Waals surface area contributed by atoms with Crippen LogP contribution in [0.4, 0.5) is 18.9 Å². The van der Waals surface area contributed by atoms with Crippen molar-refractivity contribution < 1.29 is 18.0 Å². The summed E-state index contributed by atoms with van der Waals surface area (Å²) >= 11 is -0.106. The van der Waals surface area contributed by atoms with Crippen molar-refractivity contribution in [2.24, 2.45) is 0 Å². The maximum Gasteiger partial charge on any atom is 0.446 e. The number of hydrogen-bond donors (Lipinski definition) is 1. The Kier molecular flexibility index (Phi) is 5.03. The maximum absolute atomic E-state index is 12.5. The van der Waals surface area contributed by atoms with Gasteiger partial charge in [0.05, 0.1) is 0 Å². The quantitative estimate of drug-likeness (QED) is 0.862. The zero-order valence-electron chi connectivity index (χ0n) is 11.6. The number of para-hydroxylation sites is 1. The largest absolute Gasteiger partial charge is 0.446 e. The predicted octanol–water partition coefficient (Wildman–Crippen LogP) is 3.72. The minimum atomic E-state index is -4.30. The summed E-state index contributed by atoms with van der Waals surface area (Å²) < 4.78 is 37.6. The molecule has 1 aliphatic heterocycles. The van der Waals surface area contributed by atoms with Gasteiger partial charge in [0, 0.05) is 36.6 Å². The van der Waals surface area contributed by atoms with Crippen molar-refractivity contribution in [2.45, 2.75) is 36.2 Å². The van der Waals surface area contributed by atoms with E-state index in [9.17, 15) is 18.0 Å². The lowest BCUT2D eigenvalue weighted by atomic mass is 10.0. The number of nitrogens with one attached hydrogen (secondary N) is 1. The number of thioether (sulfide) groups is 1. The third-order valence-corrected chi connectivity index (χ3v) is 4.22. The molecule has 0 radical (unpaired) electrons. The van der Waals surface area contributed by atoms with Crippen LogP contribution in [0.15, 0.2) is 29.2 Å². The molecule has 1 saturated heterocycles. The van der Waals surface area contributed by atoms with Crippen LogP contribution in [0.1, 0.15) is 19.8 Å². The molecule has 116 valence electrons. The molecule has 0 atom stereocenters. The molecule has 0 aromatic heterocycles. The molecule has 0 bridgehead atoms. The number of anilines is 1. The fraction of sp³-hybridized carbons (Fsp3) is 0.500. The summed E-state index contributed by atoms with van der Waals surface area (Å²) in [4.78, 5) is 13.2. The van der Waals surface area contributed by atoms with Gasteiger partial charge in [-0.05, 0) is 36.7 Å². The lowest BCUT2D eigenvalue weighted by Gasteiger charge is -2.32. The average molecular weight is 318 g/mol. The van der Waals surface area contributed by atoms with E-state index in [0.29, 0.717) is 18.8 Å². The maximum atomic E-state index is 12.5. The summed E-state index contributed by atoms with van der Waals surface area (Å²) in [5.74, 6) is 0.0430. The van der Waals surface area contributed by atoms with Crippen molar-refractivity contribution in [1.29, 1.82) is 0 Å². The van der Waals surface area contributed by atoms with Gasteiger partial charge < -0.3 is 10.2 Å². The summed E-state index contributed by atoms with van der Waals surface area (Å²) in [5.41, 5.74) is -3.79. The zero-order valence-corrected chi connectivity index (χ0v) is 12.4. The lowest BCUT2D eigenvalue weighted by Crippen LogP contribution is -2.41. The number of benzene rings is 1. The lowest BCUT2D eigenvalue weighted by molar-refractivity contribution is -0.129. The first kappa shape index (κ1) is 16.0. The van der Waals surface area contributed by atoms with E-state index in [2.05, 4.69) is 5.32 Å². The second kappa shape index (κ2) is 6.60. The van der Waals surface area contributed by atoms with Gasteiger partial charge in [-0.15, -0.1) is 0 Å². The van der Waals surface area contributed by atoms with Gasteiger partial charge in [0.2, 0.25) is 5.91 Å². The number of carbonyl (C=O) groups excluding carboxylic acids is 1. The van der Waals surface area contributed by atoms with Gasteiger partial charge in [0.25, 0.3) is 0 Å². The van der Waals surface area contributed by atoms with Crippen LogP contribution in [-0.2, 0) is 4.79 Å². The topological polar surface area (TPSA) is 32.3 Å². The normalized spacial score (nSPS) is 16.9. The third-order valence-electron chi connectivity index (χ3n) is 3.41. The molecule has 3 nitrogen and oxygen atoms in total. The molecule has 1 N–H and O–H groups in total. The molecule has 1 fully saturated rings. The number of amides is 1. The Morgan fingerprint density at radius 3 is 2.48 bits per heavy atom. The number of rotatable bonds is 3. The van der Waals surface area contributed by atoms with Gasteiger partial charge in [-0.3, -0.25) is 4.79 Å². The van der Waals surface area contributed by atoms with Crippen LogP contribution in [0.2, 0.25) is 0 Å². The Morgan fingerprint density at radius 2 is 1.90 bits per heavy atom. The Balaban J connectivity index is 1.99. The van der Waals surface area contributed by atoms with Crippen molar-refractivity contribution in [3.63, 3.8) is 0 Å². The highest BCUT2D eigenvalue weighted by Crippen LogP contribution is 2.40. The summed E-state index contributed by atoms with van der Waals surface area (Å²) in [6, 6.07) is 6.53. The molecule has 2 rings (SSSR count).